The van der Waals surface area contributed by atoms with E-state index in [1.807, 2.05) is 12.1 Å². The van der Waals surface area contributed by atoms with Gasteiger partial charge in [-0.2, -0.15) is 0 Å². The monoisotopic (exact) mass is 295 g/mol. The number of piperazine rings is 1. The summed E-state index contributed by atoms with van der Waals surface area (Å²) in [5.74, 6) is -0.140. The highest BCUT2D eigenvalue weighted by Gasteiger charge is 2.19. The van der Waals surface area contributed by atoms with E-state index in [2.05, 4.69) is 22.0 Å². The van der Waals surface area contributed by atoms with Gasteiger partial charge >= 0.3 is 0 Å². The normalized spacial score (nSPS) is 18.0. The fraction of sp³-hybridized carbons (Fsp3) is 0.625. The molecule has 118 valence electrons. The van der Waals surface area contributed by atoms with E-state index in [0.29, 0.717) is 5.69 Å². The summed E-state index contributed by atoms with van der Waals surface area (Å²) in [5.41, 5.74) is 0.707. The Hall–Kier alpha value is -1.17. The van der Waals surface area contributed by atoms with Crippen LogP contribution in [0.1, 0.15) is 13.3 Å². The number of para-hydroxylation sites is 1. The molecule has 1 fully saturated rings. The van der Waals surface area contributed by atoms with Gasteiger partial charge in [0.1, 0.15) is 5.82 Å². The maximum Gasteiger partial charge on any atom is 0.146 e. The first-order valence-electron chi connectivity index (χ1n) is 7.80. The first-order valence-corrected chi connectivity index (χ1v) is 7.80. The Morgan fingerprint density at radius 1 is 1.24 bits per heavy atom. The molecule has 4 nitrogen and oxygen atoms in total. The molecule has 0 saturated carbocycles. The number of nitrogens with zero attached hydrogens (tertiary/aromatic N) is 2. The highest BCUT2D eigenvalue weighted by atomic mass is 19.1. The van der Waals surface area contributed by atoms with Crippen LogP contribution in [0.2, 0.25) is 0 Å². The van der Waals surface area contributed by atoms with Crippen LogP contribution < -0.4 is 10.2 Å². The van der Waals surface area contributed by atoms with E-state index in [4.69, 9.17) is 0 Å². The van der Waals surface area contributed by atoms with E-state index in [0.717, 1.165) is 45.7 Å². The average molecular weight is 295 g/mol. The molecule has 1 aliphatic rings. The quantitative estimate of drug-likeness (QED) is 0.795. The topological polar surface area (TPSA) is 38.7 Å². The van der Waals surface area contributed by atoms with Gasteiger partial charge in [0, 0.05) is 32.2 Å². The predicted molar refractivity (Wildman–Crippen MR) is 84.2 cm³/mol. The van der Waals surface area contributed by atoms with Crippen molar-refractivity contribution in [3.05, 3.63) is 30.1 Å². The highest BCUT2D eigenvalue weighted by Crippen LogP contribution is 2.20. The molecule has 0 spiro atoms. The number of benzene rings is 1. The van der Waals surface area contributed by atoms with Crippen molar-refractivity contribution in [2.45, 2.75) is 19.4 Å². The molecule has 1 saturated heterocycles. The molecule has 2 rings (SSSR count). The molecule has 0 aromatic heterocycles. The molecule has 1 aliphatic heterocycles. The Bertz CT molecular complexity index is 422. The molecule has 1 atom stereocenters. The van der Waals surface area contributed by atoms with Crippen LogP contribution in [0.25, 0.3) is 0 Å². The number of hydrogen-bond acceptors (Lipinski definition) is 4. The minimum Gasteiger partial charge on any atom is -0.395 e. The van der Waals surface area contributed by atoms with Crippen LogP contribution in [0.5, 0.6) is 0 Å². The van der Waals surface area contributed by atoms with Crippen LogP contribution in [0, 0.1) is 5.82 Å². The summed E-state index contributed by atoms with van der Waals surface area (Å²) in [7, 11) is 0. The van der Waals surface area contributed by atoms with Crippen molar-refractivity contribution in [2.24, 2.45) is 0 Å². The zero-order valence-corrected chi connectivity index (χ0v) is 12.8. The van der Waals surface area contributed by atoms with Crippen molar-refractivity contribution in [1.29, 1.82) is 0 Å². The van der Waals surface area contributed by atoms with E-state index in [1.165, 1.54) is 6.07 Å². The summed E-state index contributed by atoms with van der Waals surface area (Å²) >= 11 is 0. The van der Waals surface area contributed by atoms with E-state index in [1.54, 1.807) is 6.07 Å². The van der Waals surface area contributed by atoms with Crippen molar-refractivity contribution < 1.29 is 9.50 Å². The third-order valence-electron chi connectivity index (χ3n) is 4.07. The third-order valence-corrected chi connectivity index (χ3v) is 4.07. The minimum atomic E-state index is -0.140. The lowest BCUT2D eigenvalue weighted by Crippen LogP contribution is -2.48. The molecule has 2 N–H and O–H groups in total. The summed E-state index contributed by atoms with van der Waals surface area (Å²) in [4.78, 5) is 4.50. The predicted octanol–water partition coefficient (Wildman–Crippen LogP) is 1.31. The molecule has 0 bridgehead atoms. The number of anilines is 1. The number of nitrogens with one attached hydrogen (secondary N) is 1. The smallest absolute Gasteiger partial charge is 0.146 e. The highest BCUT2D eigenvalue weighted by molar-refractivity contribution is 5.47. The van der Waals surface area contributed by atoms with Crippen LogP contribution in [0.3, 0.4) is 0 Å². The molecule has 0 amide bonds. The van der Waals surface area contributed by atoms with Gasteiger partial charge in [-0.05, 0) is 31.6 Å². The third kappa shape index (κ3) is 4.66. The van der Waals surface area contributed by atoms with Gasteiger partial charge in [-0.3, -0.25) is 4.90 Å². The van der Waals surface area contributed by atoms with E-state index in [9.17, 15) is 9.50 Å². The number of hydrogen-bond donors (Lipinski definition) is 2. The molecule has 1 unspecified atom stereocenters. The SMILES string of the molecule is CCNC(CO)CCN1CCN(c2ccccc2F)CC1. The lowest BCUT2D eigenvalue weighted by molar-refractivity contribution is 0.201. The largest absolute Gasteiger partial charge is 0.395 e. The van der Waals surface area contributed by atoms with Gasteiger partial charge < -0.3 is 15.3 Å². The molecule has 0 radical (unpaired) electrons. The molecular weight excluding hydrogens is 269 g/mol. The summed E-state index contributed by atoms with van der Waals surface area (Å²) in [6.45, 7) is 7.68. The Balaban J connectivity index is 1.77. The van der Waals surface area contributed by atoms with E-state index >= 15 is 0 Å². The molecule has 1 aromatic rings. The molecule has 21 heavy (non-hydrogen) atoms. The molecule has 1 heterocycles. The van der Waals surface area contributed by atoms with Crippen LogP contribution in [-0.2, 0) is 0 Å². The summed E-state index contributed by atoms with van der Waals surface area (Å²) < 4.78 is 13.8. The van der Waals surface area contributed by atoms with Gasteiger partial charge in [-0.25, -0.2) is 4.39 Å². The summed E-state index contributed by atoms with van der Waals surface area (Å²) in [6.07, 6.45) is 0.948. The lowest BCUT2D eigenvalue weighted by Gasteiger charge is -2.36. The average Bonchev–Trinajstić information content (AvgIpc) is 2.52. The Kier molecular flexibility index (Phi) is 6.42. The number of rotatable bonds is 7. The van der Waals surface area contributed by atoms with Gasteiger partial charge in [0.25, 0.3) is 0 Å². The van der Waals surface area contributed by atoms with Gasteiger partial charge in [0.05, 0.1) is 12.3 Å². The second-order valence-corrected chi connectivity index (χ2v) is 5.51. The molecule has 1 aromatic carbocycles. The Labute approximate surface area is 126 Å². The first-order chi connectivity index (χ1) is 10.2. The van der Waals surface area contributed by atoms with Gasteiger partial charge in [-0.1, -0.05) is 19.1 Å². The van der Waals surface area contributed by atoms with Crippen molar-refractivity contribution in [3.8, 4) is 0 Å². The fourth-order valence-corrected chi connectivity index (χ4v) is 2.81. The first kappa shape index (κ1) is 16.2. The van der Waals surface area contributed by atoms with Crippen LogP contribution in [0.15, 0.2) is 24.3 Å². The van der Waals surface area contributed by atoms with Crippen LogP contribution >= 0.6 is 0 Å². The lowest BCUT2D eigenvalue weighted by atomic mass is 10.2. The van der Waals surface area contributed by atoms with Crippen molar-refractivity contribution in [1.82, 2.24) is 10.2 Å². The number of halogens is 1. The number of aliphatic hydroxyl groups excluding tert-OH is 1. The minimum absolute atomic E-state index is 0.140. The van der Waals surface area contributed by atoms with Crippen molar-refractivity contribution in [3.63, 3.8) is 0 Å². The fourth-order valence-electron chi connectivity index (χ4n) is 2.81. The van der Waals surface area contributed by atoms with E-state index < -0.39 is 0 Å². The maximum atomic E-state index is 13.8. The Morgan fingerprint density at radius 3 is 2.57 bits per heavy atom. The maximum absolute atomic E-state index is 13.8. The standard InChI is InChI=1S/C16H26FN3O/c1-2-18-14(13-21)7-8-19-9-11-20(12-10-19)16-6-4-3-5-15(16)17/h3-6,14,18,21H,2,7-13H2,1H3. The summed E-state index contributed by atoms with van der Waals surface area (Å²) in [5, 5.41) is 12.6. The van der Waals surface area contributed by atoms with Crippen LogP contribution in [0.4, 0.5) is 10.1 Å². The number of aliphatic hydroxyl groups is 1. The number of likely N-dealkylation sites (N-methyl/N-ethyl adjacent to an activating group) is 1. The molecule has 0 aliphatic carbocycles. The zero-order chi connectivity index (χ0) is 15.1. The van der Waals surface area contributed by atoms with Crippen molar-refractivity contribution >= 4 is 5.69 Å². The second kappa shape index (κ2) is 8.32. The van der Waals surface area contributed by atoms with Crippen molar-refractivity contribution in [2.75, 3.05) is 50.8 Å². The molecule has 5 heteroatoms. The van der Waals surface area contributed by atoms with Crippen LogP contribution in [-0.4, -0.2) is 61.9 Å². The van der Waals surface area contributed by atoms with Gasteiger partial charge in [0.2, 0.25) is 0 Å². The van der Waals surface area contributed by atoms with Gasteiger partial charge in [0.15, 0.2) is 0 Å². The van der Waals surface area contributed by atoms with Gasteiger partial charge in [-0.15, -0.1) is 0 Å². The zero-order valence-electron chi connectivity index (χ0n) is 12.8. The van der Waals surface area contributed by atoms with E-state index in [-0.39, 0.29) is 18.5 Å². The summed E-state index contributed by atoms with van der Waals surface area (Å²) in [6, 6.07) is 7.15. The molecular formula is C16H26FN3O. The second-order valence-electron chi connectivity index (χ2n) is 5.51. The Morgan fingerprint density at radius 2 is 1.95 bits per heavy atom.